The van der Waals surface area contributed by atoms with Gasteiger partial charge < -0.3 is 9.11 Å². The zero-order valence-electron chi connectivity index (χ0n) is 4.62. The Morgan fingerprint density at radius 3 is 1.00 bits per heavy atom. The number of hydrogen-bond donors (Lipinski definition) is 0. The fraction of sp³-hybridized carbons (Fsp3) is 0. The molecule has 0 saturated heterocycles. The maximum Gasteiger partial charge on any atom is 1.00 e. The van der Waals surface area contributed by atoms with Gasteiger partial charge in [-0.05, 0) is 0 Å². The molecule has 8 heteroatoms. The minimum absolute atomic E-state index is 0. The molecular weight excluding hydrogens is 153 g/mol. The van der Waals surface area contributed by atoms with Gasteiger partial charge >= 0.3 is 59.1 Å². The first-order chi connectivity index (χ1) is 2.00. The molecule has 0 aromatic heterocycles. The summed E-state index contributed by atoms with van der Waals surface area (Å²) in [6, 6.07) is 0. The van der Waals surface area contributed by atoms with E-state index in [4.69, 9.17) is 17.5 Å². The fourth-order valence-electron chi connectivity index (χ4n) is 0. The van der Waals surface area contributed by atoms with Crippen LogP contribution in [-0.2, 0) is 10.4 Å². The van der Waals surface area contributed by atoms with E-state index in [0.717, 1.165) is 0 Å². The Balaban J connectivity index is -0.0000000267. The minimum atomic E-state index is -5.17. The molecule has 4 nitrogen and oxygen atoms in total. The van der Waals surface area contributed by atoms with Gasteiger partial charge in [0.15, 0.2) is 0 Å². The van der Waals surface area contributed by atoms with Gasteiger partial charge in [-0.1, -0.05) is 0 Å². The summed E-state index contributed by atoms with van der Waals surface area (Å²) in [5.41, 5.74) is 0. The van der Waals surface area contributed by atoms with Gasteiger partial charge in [0.05, 0.1) is 0 Å². The van der Waals surface area contributed by atoms with Crippen LogP contribution in [0.4, 0.5) is 0 Å². The van der Waals surface area contributed by atoms with Gasteiger partial charge in [0.1, 0.15) is 0 Å². The summed E-state index contributed by atoms with van der Waals surface area (Å²) >= 11 is 0. The van der Waals surface area contributed by atoms with Crippen molar-refractivity contribution in [3.05, 3.63) is 0 Å². The molecule has 0 aliphatic carbocycles. The Labute approximate surface area is 94.2 Å². The second-order valence-corrected chi connectivity index (χ2v) is 1.22. The van der Waals surface area contributed by atoms with E-state index in [2.05, 4.69) is 0 Å². The summed E-state index contributed by atoms with van der Waals surface area (Å²) in [6.45, 7) is 0. The Morgan fingerprint density at radius 1 is 1.00 bits per heavy atom. The summed E-state index contributed by atoms with van der Waals surface area (Å²) in [4.78, 5) is 0. The smallest absolute Gasteiger partial charge is 0.759 e. The summed E-state index contributed by atoms with van der Waals surface area (Å²) in [5, 5.41) is 0. The summed E-state index contributed by atoms with van der Waals surface area (Å²) in [5.74, 6) is 0. The van der Waals surface area contributed by atoms with Crippen molar-refractivity contribution in [2.24, 2.45) is 0 Å². The van der Waals surface area contributed by atoms with E-state index in [1.54, 1.807) is 0 Å². The van der Waals surface area contributed by atoms with Crippen LogP contribution in [0, 0.1) is 0 Å². The van der Waals surface area contributed by atoms with E-state index >= 15 is 0 Å². The van der Waals surface area contributed by atoms with Crippen molar-refractivity contribution >= 4 is 18.8 Å². The Kier molecular flexibility index (Phi) is 25.1. The van der Waals surface area contributed by atoms with E-state index in [-0.39, 0.29) is 67.5 Å². The third-order valence-corrected chi connectivity index (χ3v) is 0. The van der Waals surface area contributed by atoms with Crippen molar-refractivity contribution in [3.8, 4) is 0 Å². The van der Waals surface area contributed by atoms with Crippen molar-refractivity contribution in [2.75, 3.05) is 0 Å². The van der Waals surface area contributed by atoms with Crippen LogP contribution in [0.2, 0.25) is 0 Å². The van der Waals surface area contributed by atoms with Crippen LogP contribution in [0.25, 0.3) is 0 Å². The molecular formula is BNa2O4S. The molecule has 0 unspecified atom stereocenters. The van der Waals surface area contributed by atoms with Gasteiger partial charge in [-0.15, -0.1) is 0 Å². The molecule has 0 fully saturated rings. The first kappa shape index (κ1) is 22.5. The van der Waals surface area contributed by atoms with Gasteiger partial charge in [-0.25, -0.2) is 0 Å². The maximum atomic E-state index is 8.52. The molecule has 0 N–H and O–H groups in total. The Morgan fingerprint density at radius 2 is 1.00 bits per heavy atom. The van der Waals surface area contributed by atoms with Crippen LogP contribution in [0.3, 0.4) is 0 Å². The SMILES string of the molecule is O=S(=O)([O-])[O-].[B].[Na+].[Na+]. The molecule has 0 saturated carbocycles. The quantitative estimate of drug-likeness (QED) is 0.196. The van der Waals surface area contributed by atoms with E-state index in [1.165, 1.54) is 0 Å². The summed E-state index contributed by atoms with van der Waals surface area (Å²) < 4.78 is 34.1. The fourth-order valence-corrected chi connectivity index (χ4v) is 0. The van der Waals surface area contributed by atoms with E-state index in [1.807, 2.05) is 0 Å². The summed E-state index contributed by atoms with van der Waals surface area (Å²) in [6.07, 6.45) is 0. The van der Waals surface area contributed by atoms with Crippen molar-refractivity contribution in [3.63, 3.8) is 0 Å². The Hall–Kier alpha value is 1.93. The van der Waals surface area contributed by atoms with Crippen LogP contribution in [0.15, 0.2) is 0 Å². The van der Waals surface area contributed by atoms with Crippen molar-refractivity contribution < 1.29 is 76.6 Å². The van der Waals surface area contributed by atoms with Crippen molar-refractivity contribution in [1.82, 2.24) is 0 Å². The average molecular weight is 153 g/mol. The normalized spacial score (nSPS) is 7.25. The number of rotatable bonds is 0. The molecule has 3 radical (unpaired) electrons. The van der Waals surface area contributed by atoms with Gasteiger partial charge in [-0.2, -0.15) is 0 Å². The monoisotopic (exact) mass is 153 g/mol. The molecule has 8 heavy (non-hydrogen) atoms. The van der Waals surface area contributed by atoms with E-state index in [0.29, 0.717) is 0 Å². The first-order valence-corrected chi connectivity index (χ1v) is 2.00. The van der Waals surface area contributed by atoms with Crippen molar-refractivity contribution in [1.29, 1.82) is 0 Å². The topological polar surface area (TPSA) is 80.3 Å². The predicted molar refractivity (Wildman–Crippen MR) is 16.2 cm³/mol. The van der Waals surface area contributed by atoms with E-state index in [9.17, 15) is 0 Å². The molecule has 0 rings (SSSR count). The second kappa shape index (κ2) is 8.93. The first-order valence-electron chi connectivity index (χ1n) is 0.667. The van der Waals surface area contributed by atoms with Crippen LogP contribution >= 0.6 is 0 Å². The molecule has 0 atom stereocenters. The van der Waals surface area contributed by atoms with Crippen LogP contribution in [-0.4, -0.2) is 25.9 Å². The van der Waals surface area contributed by atoms with Gasteiger partial charge in [0.25, 0.3) is 0 Å². The average Bonchev–Trinajstić information content (AvgIpc) is 0.722. The van der Waals surface area contributed by atoms with E-state index < -0.39 is 10.4 Å². The largest absolute Gasteiger partial charge is 1.00 e. The standard InChI is InChI=1S/B.2Na.H2O4S/c;;;1-5(2,3)4/h;;;(H2,1,2,3,4)/q;2*+1;/p-2. The summed E-state index contributed by atoms with van der Waals surface area (Å²) in [7, 11) is -5.17. The maximum absolute atomic E-state index is 8.52. The molecule has 0 aromatic rings. The second-order valence-electron chi connectivity index (χ2n) is 0.408. The van der Waals surface area contributed by atoms with Gasteiger partial charge in [0, 0.05) is 18.8 Å². The predicted octanol–water partition coefficient (Wildman–Crippen LogP) is -7.71. The van der Waals surface area contributed by atoms with Gasteiger partial charge in [0.2, 0.25) is 0 Å². The molecule has 0 bridgehead atoms. The van der Waals surface area contributed by atoms with Crippen LogP contribution < -0.4 is 59.1 Å². The molecule has 0 aromatic carbocycles. The zero-order chi connectivity index (χ0) is 4.50. The van der Waals surface area contributed by atoms with Crippen LogP contribution in [0.5, 0.6) is 0 Å². The molecule has 0 aliphatic heterocycles. The zero-order valence-corrected chi connectivity index (χ0v) is 9.44. The number of hydrogen-bond acceptors (Lipinski definition) is 4. The third-order valence-electron chi connectivity index (χ3n) is 0. The van der Waals surface area contributed by atoms with Crippen molar-refractivity contribution in [2.45, 2.75) is 0 Å². The van der Waals surface area contributed by atoms with Crippen LogP contribution in [0.1, 0.15) is 0 Å². The molecule has 0 aliphatic rings. The van der Waals surface area contributed by atoms with Gasteiger partial charge in [-0.3, -0.25) is 8.42 Å². The minimum Gasteiger partial charge on any atom is -0.759 e. The molecule has 0 heterocycles. The third kappa shape index (κ3) is 102. The molecule has 35 valence electrons. The molecule has 0 spiro atoms. The molecule has 0 amide bonds. The Bertz CT molecular complexity index is 97.2.